The average molecular weight is 410 g/mol. The van der Waals surface area contributed by atoms with E-state index in [0.29, 0.717) is 19.7 Å². The van der Waals surface area contributed by atoms with Crippen molar-refractivity contribution in [3.8, 4) is 5.75 Å². The van der Waals surface area contributed by atoms with Crippen molar-refractivity contribution in [3.05, 3.63) is 75.1 Å². The highest BCUT2D eigenvalue weighted by atomic mass is 32.1. The summed E-state index contributed by atoms with van der Waals surface area (Å²) in [5.74, 6) is 0.844. The van der Waals surface area contributed by atoms with Crippen LogP contribution in [0.3, 0.4) is 0 Å². The number of rotatable bonds is 6. The van der Waals surface area contributed by atoms with Gasteiger partial charge in [0.2, 0.25) is 0 Å². The Morgan fingerprint density at radius 1 is 1.21 bits per heavy atom. The van der Waals surface area contributed by atoms with Crippen LogP contribution in [0.4, 0.5) is 0 Å². The van der Waals surface area contributed by atoms with E-state index in [2.05, 4.69) is 10.1 Å². The normalized spacial score (nSPS) is 16.6. The monoisotopic (exact) mass is 410 g/mol. The van der Waals surface area contributed by atoms with Gasteiger partial charge in [0.1, 0.15) is 18.1 Å². The van der Waals surface area contributed by atoms with Gasteiger partial charge < -0.3 is 9.64 Å². The number of piperidine rings is 1. The summed E-state index contributed by atoms with van der Waals surface area (Å²) in [6.07, 6.45) is 3.76. The fourth-order valence-electron chi connectivity index (χ4n) is 3.45. The molecule has 0 spiro atoms. The summed E-state index contributed by atoms with van der Waals surface area (Å²) in [5, 5.41) is 7.32. The van der Waals surface area contributed by atoms with Crippen molar-refractivity contribution in [2.24, 2.45) is 0 Å². The number of thiazole rings is 1. The van der Waals surface area contributed by atoms with E-state index in [1.54, 1.807) is 17.5 Å². The van der Waals surface area contributed by atoms with Crippen molar-refractivity contribution in [3.63, 3.8) is 0 Å². The van der Waals surface area contributed by atoms with Gasteiger partial charge in [0.05, 0.1) is 11.6 Å². The smallest absolute Gasteiger partial charge is 0.274 e. The van der Waals surface area contributed by atoms with Crippen molar-refractivity contribution in [2.45, 2.75) is 25.3 Å². The van der Waals surface area contributed by atoms with Crippen LogP contribution in [0, 0.1) is 0 Å². The molecule has 0 saturated carbocycles. The molecular formula is C21H22N4O3S. The Kier molecular flexibility index (Phi) is 6.00. The van der Waals surface area contributed by atoms with Crippen LogP contribution < -0.4 is 10.3 Å². The van der Waals surface area contributed by atoms with Crippen LogP contribution in [-0.4, -0.2) is 45.3 Å². The molecule has 3 aromatic rings. The SMILES string of the molecule is O=C(c1ccc(=O)n(CCOc2ccccc2)n1)N1CCCC(c2nccs2)C1. The number of benzene rings is 1. The summed E-state index contributed by atoms with van der Waals surface area (Å²) in [6.45, 7) is 1.89. The first-order valence-corrected chi connectivity index (χ1v) is 10.5. The molecule has 0 aliphatic carbocycles. The van der Waals surface area contributed by atoms with E-state index in [4.69, 9.17) is 4.74 Å². The number of carbonyl (C=O) groups is 1. The maximum atomic E-state index is 13.0. The maximum absolute atomic E-state index is 13.0. The van der Waals surface area contributed by atoms with Gasteiger partial charge in [0, 0.05) is 36.7 Å². The lowest BCUT2D eigenvalue weighted by Gasteiger charge is -2.31. The molecule has 3 heterocycles. The third-order valence-corrected chi connectivity index (χ3v) is 5.85. The largest absolute Gasteiger partial charge is 0.492 e. The van der Waals surface area contributed by atoms with E-state index in [1.165, 1.54) is 16.8 Å². The zero-order chi connectivity index (χ0) is 20.1. The molecule has 7 nitrogen and oxygen atoms in total. The summed E-state index contributed by atoms with van der Waals surface area (Å²) >= 11 is 1.63. The Labute approximate surface area is 172 Å². The Hall–Kier alpha value is -3.00. The second-order valence-corrected chi connectivity index (χ2v) is 7.83. The quantitative estimate of drug-likeness (QED) is 0.625. The van der Waals surface area contributed by atoms with Crippen molar-refractivity contribution in [1.82, 2.24) is 19.7 Å². The van der Waals surface area contributed by atoms with Crippen LogP contribution in [-0.2, 0) is 6.54 Å². The zero-order valence-electron chi connectivity index (χ0n) is 15.9. The molecule has 8 heteroatoms. The van der Waals surface area contributed by atoms with Gasteiger partial charge >= 0.3 is 0 Å². The Morgan fingerprint density at radius 3 is 2.86 bits per heavy atom. The molecule has 4 rings (SSSR count). The van der Waals surface area contributed by atoms with Crippen molar-refractivity contribution in [1.29, 1.82) is 0 Å². The number of likely N-dealkylation sites (tertiary alicyclic amines) is 1. The summed E-state index contributed by atoms with van der Waals surface area (Å²) in [4.78, 5) is 31.3. The topological polar surface area (TPSA) is 77.3 Å². The second-order valence-electron chi connectivity index (χ2n) is 6.90. The molecule has 1 amide bonds. The molecule has 0 radical (unpaired) electrons. The number of para-hydroxylation sites is 1. The lowest BCUT2D eigenvalue weighted by atomic mass is 9.98. The molecule has 0 N–H and O–H groups in total. The molecule has 1 aliphatic rings. The molecule has 1 aromatic carbocycles. The highest BCUT2D eigenvalue weighted by Gasteiger charge is 2.27. The molecule has 150 valence electrons. The van der Waals surface area contributed by atoms with Crippen LogP contribution >= 0.6 is 11.3 Å². The number of nitrogens with zero attached hydrogens (tertiary/aromatic N) is 4. The first-order valence-electron chi connectivity index (χ1n) is 9.65. The summed E-state index contributed by atoms with van der Waals surface area (Å²) in [7, 11) is 0. The van der Waals surface area contributed by atoms with Gasteiger partial charge in [-0.3, -0.25) is 9.59 Å². The Bertz CT molecular complexity index is 1000. The Morgan fingerprint density at radius 2 is 2.07 bits per heavy atom. The molecule has 29 heavy (non-hydrogen) atoms. The van der Waals surface area contributed by atoms with Crippen LogP contribution in [0.1, 0.15) is 34.3 Å². The summed E-state index contributed by atoms with van der Waals surface area (Å²) in [6, 6.07) is 12.3. The third-order valence-electron chi connectivity index (χ3n) is 4.91. The Balaban J connectivity index is 1.42. The molecule has 1 fully saturated rings. The van der Waals surface area contributed by atoms with E-state index in [0.717, 1.165) is 23.6 Å². The number of hydrogen-bond acceptors (Lipinski definition) is 6. The minimum Gasteiger partial charge on any atom is -0.492 e. The highest BCUT2D eigenvalue weighted by Crippen LogP contribution is 2.28. The van der Waals surface area contributed by atoms with E-state index >= 15 is 0 Å². The number of carbonyl (C=O) groups excluding carboxylic acids is 1. The minimum absolute atomic E-state index is 0.149. The van der Waals surface area contributed by atoms with Crippen molar-refractivity contribution in [2.75, 3.05) is 19.7 Å². The van der Waals surface area contributed by atoms with Crippen molar-refractivity contribution < 1.29 is 9.53 Å². The number of aromatic nitrogens is 3. The minimum atomic E-state index is -0.252. The summed E-state index contributed by atoms with van der Waals surface area (Å²) in [5.41, 5.74) is 0.0293. The standard InChI is InChI=1S/C21H22N4O3S/c26-19-9-8-18(23-25(19)12-13-28-17-6-2-1-3-7-17)21(27)24-11-4-5-16(15-24)20-22-10-14-29-20/h1-3,6-10,14,16H,4-5,11-13,15H2. The van der Waals surface area contributed by atoms with Crippen LogP contribution in [0.2, 0.25) is 0 Å². The predicted molar refractivity (Wildman–Crippen MR) is 110 cm³/mol. The van der Waals surface area contributed by atoms with Gasteiger partial charge in [0.15, 0.2) is 0 Å². The lowest BCUT2D eigenvalue weighted by Crippen LogP contribution is -2.40. The van der Waals surface area contributed by atoms with Gasteiger partial charge in [-0.25, -0.2) is 9.67 Å². The summed E-state index contributed by atoms with van der Waals surface area (Å²) < 4.78 is 6.93. The lowest BCUT2D eigenvalue weighted by molar-refractivity contribution is 0.0697. The first kappa shape index (κ1) is 19.3. The van der Waals surface area contributed by atoms with Crippen LogP contribution in [0.5, 0.6) is 5.75 Å². The predicted octanol–water partition coefficient (Wildman–Crippen LogP) is 2.80. The average Bonchev–Trinajstić information content (AvgIpc) is 3.30. The molecule has 2 aromatic heterocycles. The van der Waals surface area contributed by atoms with Crippen LogP contribution in [0.25, 0.3) is 0 Å². The fourth-order valence-corrected chi connectivity index (χ4v) is 4.22. The molecular weight excluding hydrogens is 388 g/mol. The second kappa shape index (κ2) is 9.00. The molecule has 1 unspecified atom stereocenters. The maximum Gasteiger partial charge on any atom is 0.274 e. The zero-order valence-corrected chi connectivity index (χ0v) is 16.8. The van der Waals surface area contributed by atoms with E-state index < -0.39 is 0 Å². The van der Waals surface area contributed by atoms with Gasteiger partial charge in [-0.15, -0.1) is 11.3 Å². The van der Waals surface area contributed by atoms with E-state index in [1.807, 2.05) is 40.6 Å². The first-order chi connectivity index (χ1) is 14.2. The highest BCUT2D eigenvalue weighted by molar-refractivity contribution is 7.09. The van der Waals surface area contributed by atoms with Crippen molar-refractivity contribution >= 4 is 17.2 Å². The van der Waals surface area contributed by atoms with Gasteiger partial charge in [-0.05, 0) is 31.0 Å². The van der Waals surface area contributed by atoms with E-state index in [9.17, 15) is 9.59 Å². The molecule has 0 bridgehead atoms. The molecule has 1 aliphatic heterocycles. The van der Waals surface area contributed by atoms with E-state index in [-0.39, 0.29) is 29.6 Å². The van der Waals surface area contributed by atoms with Gasteiger partial charge in [0.25, 0.3) is 11.5 Å². The van der Waals surface area contributed by atoms with Gasteiger partial charge in [-0.2, -0.15) is 5.10 Å². The fraction of sp³-hybridized carbons (Fsp3) is 0.333. The molecule has 1 saturated heterocycles. The molecule has 1 atom stereocenters. The third kappa shape index (κ3) is 4.71. The number of amides is 1. The number of hydrogen-bond donors (Lipinski definition) is 0. The van der Waals surface area contributed by atoms with Crippen LogP contribution in [0.15, 0.2) is 58.8 Å². The number of ether oxygens (including phenoxy) is 1. The van der Waals surface area contributed by atoms with Gasteiger partial charge in [-0.1, -0.05) is 18.2 Å².